The molecule has 0 radical (unpaired) electrons. The molecule has 0 saturated carbocycles. The Morgan fingerprint density at radius 2 is 2.38 bits per heavy atom. The minimum Gasteiger partial charge on any atom is -0.399 e. The first-order valence-corrected chi connectivity index (χ1v) is 3.74. The molecule has 0 saturated heterocycles. The van der Waals surface area contributed by atoms with Gasteiger partial charge in [0.1, 0.15) is 0 Å². The van der Waals surface area contributed by atoms with Crippen molar-refractivity contribution in [2.75, 3.05) is 5.73 Å². The Hall–Kier alpha value is -2.02. The molecule has 0 unspecified atom stereocenters. The first kappa shape index (κ1) is 9.07. The summed E-state index contributed by atoms with van der Waals surface area (Å²) in [4.78, 5) is 10.9. The number of nitriles is 1. The van der Waals surface area contributed by atoms with E-state index in [2.05, 4.69) is 0 Å². The van der Waals surface area contributed by atoms with Gasteiger partial charge in [-0.25, -0.2) is 0 Å². The van der Waals surface area contributed by atoms with Crippen molar-refractivity contribution in [2.24, 2.45) is 0 Å². The van der Waals surface area contributed by atoms with Gasteiger partial charge < -0.3 is 5.73 Å². The van der Waals surface area contributed by atoms with E-state index in [1.165, 1.54) is 0 Å². The van der Waals surface area contributed by atoms with Crippen LogP contribution in [0.4, 0.5) is 5.69 Å². The number of nitrogens with zero attached hydrogens (tertiary/aromatic N) is 1. The number of nitrogens with one attached hydrogen (secondary N) is 1. The van der Waals surface area contributed by atoms with Crippen LogP contribution in [0.1, 0.15) is 5.56 Å². The highest BCUT2D eigenvalue weighted by atomic mass is 16.1. The molecule has 0 fully saturated rings. The van der Waals surface area contributed by atoms with Crippen LogP contribution in [0.3, 0.4) is 0 Å². The van der Waals surface area contributed by atoms with Crippen LogP contribution in [0.5, 0.6) is 0 Å². The second kappa shape index (κ2) is 4.12. The predicted molar refractivity (Wildman–Crippen MR) is 48.3 cm³/mol. The third-order valence-corrected chi connectivity index (χ3v) is 1.51. The number of nitrogen functional groups attached to an aromatic ring is 1. The summed E-state index contributed by atoms with van der Waals surface area (Å²) in [6.45, 7) is 0. The van der Waals surface area contributed by atoms with Crippen LogP contribution in [0, 0.1) is 11.5 Å². The van der Waals surface area contributed by atoms with Crippen LogP contribution >= 0.6 is 0 Å². The molecule has 0 bridgehead atoms. The van der Waals surface area contributed by atoms with Crippen molar-refractivity contribution in [3.05, 3.63) is 29.8 Å². The lowest BCUT2D eigenvalue weighted by atomic mass is 10.1. The number of hydrogen-bond donors (Lipinski definition) is 2. The first-order chi connectivity index (χ1) is 6.22. The van der Waals surface area contributed by atoms with Gasteiger partial charge >= 0.3 is 0 Å². The first-order valence-electron chi connectivity index (χ1n) is 3.74. The summed E-state index contributed by atoms with van der Waals surface area (Å²) in [5.41, 5.74) is 6.92. The van der Waals surface area contributed by atoms with Crippen molar-refractivity contribution >= 4 is 11.6 Å². The van der Waals surface area contributed by atoms with E-state index < -0.39 is 0 Å². The molecule has 1 rings (SSSR count). The lowest BCUT2D eigenvalue weighted by molar-refractivity contribution is -0.119. The molecule has 1 aromatic carbocycles. The zero-order valence-electron chi connectivity index (χ0n) is 6.95. The summed E-state index contributed by atoms with van der Waals surface area (Å²) < 4.78 is 0. The average Bonchev–Trinajstić information content (AvgIpc) is 2.04. The van der Waals surface area contributed by atoms with Gasteiger partial charge in [-0.15, -0.1) is 0 Å². The Balaban J connectivity index is 2.65. The second-order valence-electron chi connectivity index (χ2n) is 2.58. The summed E-state index contributed by atoms with van der Waals surface area (Å²) >= 11 is 0. The summed E-state index contributed by atoms with van der Waals surface area (Å²) in [7, 11) is 0. The molecule has 1 aromatic rings. The molecule has 0 aliphatic carbocycles. The minimum absolute atomic E-state index is 0.179. The van der Waals surface area contributed by atoms with Crippen molar-refractivity contribution < 1.29 is 4.79 Å². The van der Waals surface area contributed by atoms with Gasteiger partial charge in [-0.2, -0.15) is 5.26 Å². The summed E-state index contributed by atoms with van der Waals surface area (Å²) in [6.07, 6.45) is 1.75. The Bertz CT molecular complexity index is 354. The number of carbonyl (C=O) groups is 1. The molecule has 0 spiro atoms. The van der Waals surface area contributed by atoms with Crippen LogP contribution < -0.4 is 11.1 Å². The van der Waals surface area contributed by atoms with Crippen LogP contribution in [0.15, 0.2) is 24.3 Å². The Morgan fingerprint density at radius 3 is 3.00 bits per heavy atom. The third kappa shape index (κ3) is 2.83. The summed E-state index contributed by atoms with van der Waals surface area (Å²) in [6, 6.07) is 7.00. The summed E-state index contributed by atoms with van der Waals surface area (Å²) in [5.74, 6) is -0.326. The van der Waals surface area contributed by atoms with Crippen molar-refractivity contribution in [2.45, 2.75) is 6.42 Å². The van der Waals surface area contributed by atoms with Crippen molar-refractivity contribution in [3.63, 3.8) is 0 Å². The van der Waals surface area contributed by atoms with E-state index in [9.17, 15) is 4.79 Å². The number of benzene rings is 1. The molecule has 1 amide bonds. The predicted octanol–water partition coefficient (Wildman–Crippen LogP) is 0.409. The zero-order valence-corrected chi connectivity index (χ0v) is 6.95. The van der Waals surface area contributed by atoms with E-state index in [4.69, 9.17) is 11.0 Å². The van der Waals surface area contributed by atoms with Crippen molar-refractivity contribution in [1.82, 2.24) is 5.32 Å². The van der Waals surface area contributed by atoms with Crippen molar-refractivity contribution in [3.8, 4) is 6.19 Å². The van der Waals surface area contributed by atoms with Gasteiger partial charge in [0.05, 0.1) is 6.42 Å². The van der Waals surface area contributed by atoms with E-state index >= 15 is 0 Å². The molecule has 4 nitrogen and oxygen atoms in total. The zero-order chi connectivity index (χ0) is 9.68. The molecule has 13 heavy (non-hydrogen) atoms. The average molecular weight is 175 g/mol. The van der Waals surface area contributed by atoms with E-state index in [1.807, 2.05) is 5.32 Å². The molecular formula is C9H9N3O. The lowest BCUT2D eigenvalue weighted by Crippen LogP contribution is -2.19. The second-order valence-corrected chi connectivity index (χ2v) is 2.58. The van der Waals surface area contributed by atoms with Gasteiger partial charge in [0.2, 0.25) is 5.91 Å². The van der Waals surface area contributed by atoms with Crippen molar-refractivity contribution in [1.29, 1.82) is 5.26 Å². The third-order valence-electron chi connectivity index (χ3n) is 1.51. The van der Waals surface area contributed by atoms with E-state index in [-0.39, 0.29) is 12.3 Å². The molecule has 0 atom stereocenters. The monoisotopic (exact) mass is 175 g/mol. The summed E-state index contributed by atoms with van der Waals surface area (Å²) in [5, 5.41) is 10.2. The van der Waals surface area contributed by atoms with Gasteiger partial charge in [-0.3, -0.25) is 10.1 Å². The highest BCUT2D eigenvalue weighted by molar-refractivity contribution is 5.80. The van der Waals surface area contributed by atoms with E-state index in [0.29, 0.717) is 5.69 Å². The Kier molecular flexibility index (Phi) is 2.87. The lowest BCUT2D eigenvalue weighted by Gasteiger charge is -1.99. The molecule has 66 valence electrons. The number of amides is 1. The smallest absolute Gasteiger partial charge is 0.237 e. The van der Waals surface area contributed by atoms with Gasteiger partial charge in [0.25, 0.3) is 0 Å². The normalized spacial score (nSPS) is 8.85. The fraction of sp³-hybridized carbons (Fsp3) is 0.111. The number of rotatable bonds is 2. The number of nitrogens with two attached hydrogens (primary N) is 1. The Morgan fingerprint density at radius 1 is 1.62 bits per heavy atom. The topological polar surface area (TPSA) is 78.9 Å². The molecular weight excluding hydrogens is 166 g/mol. The van der Waals surface area contributed by atoms with Crippen LogP contribution in [-0.4, -0.2) is 5.91 Å². The molecule has 0 aliphatic rings. The fourth-order valence-corrected chi connectivity index (χ4v) is 0.995. The SMILES string of the molecule is N#CNC(=O)Cc1cccc(N)c1. The molecule has 0 aromatic heterocycles. The highest BCUT2D eigenvalue weighted by Crippen LogP contribution is 2.06. The van der Waals surface area contributed by atoms with E-state index in [0.717, 1.165) is 5.56 Å². The Labute approximate surface area is 76.0 Å². The molecule has 3 N–H and O–H groups in total. The molecule has 0 aliphatic heterocycles. The number of carbonyl (C=O) groups excluding carboxylic acids is 1. The maximum atomic E-state index is 10.9. The number of hydrogen-bond acceptors (Lipinski definition) is 3. The molecule has 4 heteroatoms. The van der Waals surface area contributed by atoms with Gasteiger partial charge in [-0.05, 0) is 17.7 Å². The van der Waals surface area contributed by atoms with Crippen LogP contribution in [0.25, 0.3) is 0 Å². The fourth-order valence-electron chi connectivity index (χ4n) is 0.995. The van der Waals surface area contributed by atoms with E-state index in [1.54, 1.807) is 30.5 Å². The maximum Gasteiger partial charge on any atom is 0.237 e. The minimum atomic E-state index is -0.326. The van der Waals surface area contributed by atoms with Crippen LogP contribution in [-0.2, 0) is 11.2 Å². The van der Waals surface area contributed by atoms with Crippen LogP contribution in [0.2, 0.25) is 0 Å². The maximum absolute atomic E-state index is 10.9. The molecule has 0 heterocycles. The quantitative estimate of drug-likeness (QED) is 0.388. The van der Waals surface area contributed by atoms with Gasteiger partial charge in [0.15, 0.2) is 6.19 Å². The largest absolute Gasteiger partial charge is 0.399 e. The number of anilines is 1. The van der Waals surface area contributed by atoms with Gasteiger partial charge in [-0.1, -0.05) is 12.1 Å². The van der Waals surface area contributed by atoms with Gasteiger partial charge in [0, 0.05) is 5.69 Å². The highest BCUT2D eigenvalue weighted by Gasteiger charge is 2.01. The standard InChI is InChI=1S/C9H9N3O/c10-6-12-9(13)5-7-2-1-3-8(11)4-7/h1-4H,5,11H2,(H,12,13).